The van der Waals surface area contributed by atoms with Gasteiger partial charge in [-0.3, -0.25) is 19.2 Å². The molecule has 0 radical (unpaired) electrons. The van der Waals surface area contributed by atoms with Gasteiger partial charge in [-0.2, -0.15) is 0 Å². The molecule has 1 aliphatic heterocycles. The van der Waals surface area contributed by atoms with Gasteiger partial charge >= 0.3 is 5.97 Å². The summed E-state index contributed by atoms with van der Waals surface area (Å²) in [5, 5.41) is 5.23. The first-order valence-electron chi connectivity index (χ1n) is 7.15. The Balaban J connectivity index is 3.01. The van der Waals surface area contributed by atoms with Crippen molar-refractivity contribution in [3.63, 3.8) is 0 Å². The number of hydrogen-bond acceptors (Lipinski definition) is 5. The predicted molar refractivity (Wildman–Crippen MR) is 77.6 cm³/mol. The Morgan fingerprint density at radius 3 is 2.41 bits per heavy atom. The number of carbonyl (C=O) groups is 4. The van der Waals surface area contributed by atoms with Gasteiger partial charge in [-0.1, -0.05) is 0 Å². The molecule has 4 unspecified atom stereocenters. The fraction of sp³-hybridized carbons (Fsp3) is 0.714. The SMILES string of the molecule is COC(=O)CC(NC(C)=O)C(=O)N1C(C)C(=O)NC(C)C1C. The van der Waals surface area contributed by atoms with Crippen molar-refractivity contribution < 1.29 is 23.9 Å². The van der Waals surface area contributed by atoms with Gasteiger partial charge in [0.25, 0.3) is 0 Å². The summed E-state index contributed by atoms with van der Waals surface area (Å²) in [4.78, 5) is 48.8. The van der Waals surface area contributed by atoms with Crippen LogP contribution >= 0.6 is 0 Å². The lowest BCUT2D eigenvalue weighted by molar-refractivity contribution is -0.152. The minimum absolute atomic E-state index is 0.219. The minimum Gasteiger partial charge on any atom is -0.469 e. The highest BCUT2D eigenvalue weighted by Crippen LogP contribution is 2.18. The Bertz CT molecular complexity index is 479. The van der Waals surface area contributed by atoms with Gasteiger partial charge in [0, 0.05) is 19.0 Å². The summed E-state index contributed by atoms with van der Waals surface area (Å²) in [6, 6.07) is -2.20. The summed E-state index contributed by atoms with van der Waals surface area (Å²) in [5.74, 6) is -1.78. The van der Waals surface area contributed by atoms with Crippen LogP contribution in [-0.4, -0.2) is 59.9 Å². The third kappa shape index (κ3) is 3.96. The first-order valence-corrected chi connectivity index (χ1v) is 7.15. The third-order valence-corrected chi connectivity index (χ3v) is 3.86. The summed E-state index contributed by atoms with van der Waals surface area (Å²) >= 11 is 0. The molecule has 8 nitrogen and oxygen atoms in total. The summed E-state index contributed by atoms with van der Waals surface area (Å²) in [6.07, 6.45) is -0.277. The first kappa shape index (κ1) is 17.9. The zero-order chi connectivity index (χ0) is 17.0. The van der Waals surface area contributed by atoms with Crippen LogP contribution in [0, 0.1) is 0 Å². The average molecular weight is 313 g/mol. The maximum absolute atomic E-state index is 12.7. The van der Waals surface area contributed by atoms with Crippen molar-refractivity contribution in [2.75, 3.05) is 7.11 Å². The van der Waals surface area contributed by atoms with Crippen molar-refractivity contribution in [1.82, 2.24) is 15.5 Å². The van der Waals surface area contributed by atoms with E-state index in [0.717, 1.165) is 0 Å². The fourth-order valence-corrected chi connectivity index (χ4v) is 2.45. The standard InChI is InChI=1S/C14H23N3O5/c1-7-8(2)17(9(3)13(20)15-7)14(21)11(16-10(4)18)6-12(19)22-5/h7-9,11H,6H2,1-5H3,(H,15,20)(H,16,18). The number of nitrogens with zero attached hydrogens (tertiary/aromatic N) is 1. The molecule has 0 spiro atoms. The van der Waals surface area contributed by atoms with E-state index in [2.05, 4.69) is 15.4 Å². The molecule has 22 heavy (non-hydrogen) atoms. The number of nitrogens with one attached hydrogen (secondary N) is 2. The normalized spacial score (nSPS) is 26.0. The van der Waals surface area contributed by atoms with Gasteiger partial charge in [0.05, 0.1) is 13.5 Å². The van der Waals surface area contributed by atoms with E-state index in [0.29, 0.717) is 0 Å². The molecule has 4 atom stereocenters. The van der Waals surface area contributed by atoms with E-state index in [4.69, 9.17) is 0 Å². The van der Waals surface area contributed by atoms with Crippen LogP contribution in [0.4, 0.5) is 0 Å². The predicted octanol–water partition coefficient (Wildman–Crippen LogP) is -0.822. The number of ether oxygens (including phenoxy) is 1. The quantitative estimate of drug-likeness (QED) is 0.660. The van der Waals surface area contributed by atoms with Crippen LogP contribution in [0.25, 0.3) is 0 Å². The zero-order valence-corrected chi connectivity index (χ0v) is 13.5. The molecule has 2 N–H and O–H groups in total. The van der Waals surface area contributed by atoms with E-state index in [1.807, 2.05) is 6.92 Å². The molecule has 3 amide bonds. The van der Waals surface area contributed by atoms with Gasteiger partial charge in [0.1, 0.15) is 12.1 Å². The van der Waals surface area contributed by atoms with Crippen LogP contribution in [0.5, 0.6) is 0 Å². The lowest BCUT2D eigenvalue weighted by atomic mass is 10.00. The maximum Gasteiger partial charge on any atom is 0.308 e. The van der Waals surface area contributed by atoms with Crippen molar-refractivity contribution in [2.45, 2.75) is 58.3 Å². The molecule has 124 valence electrons. The number of piperazine rings is 1. The molecular formula is C14H23N3O5. The minimum atomic E-state index is -1.05. The zero-order valence-electron chi connectivity index (χ0n) is 13.5. The lowest BCUT2D eigenvalue weighted by Crippen LogP contribution is -2.66. The Labute approximate surface area is 129 Å². The van der Waals surface area contributed by atoms with Gasteiger partial charge in [0.2, 0.25) is 17.7 Å². The van der Waals surface area contributed by atoms with Crippen LogP contribution in [0.1, 0.15) is 34.1 Å². The van der Waals surface area contributed by atoms with Crippen molar-refractivity contribution in [1.29, 1.82) is 0 Å². The van der Waals surface area contributed by atoms with Gasteiger partial charge in [-0.25, -0.2) is 0 Å². The van der Waals surface area contributed by atoms with Gasteiger partial charge in [-0.15, -0.1) is 0 Å². The molecule has 1 aliphatic rings. The molecular weight excluding hydrogens is 290 g/mol. The number of carbonyl (C=O) groups excluding carboxylic acids is 4. The van der Waals surface area contributed by atoms with E-state index < -0.39 is 29.9 Å². The summed E-state index contributed by atoms with van der Waals surface area (Å²) in [6.45, 7) is 6.47. The van der Waals surface area contributed by atoms with Crippen LogP contribution < -0.4 is 10.6 Å². The maximum atomic E-state index is 12.7. The second-order valence-corrected chi connectivity index (χ2v) is 5.49. The van der Waals surface area contributed by atoms with E-state index in [9.17, 15) is 19.2 Å². The molecule has 1 saturated heterocycles. The number of rotatable bonds is 4. The highest BCUT2D eigenvalue weighted by molar-refractivity contribution is 5.94. The molecule has 0 saturated carbocycles. The topological polar surface area (TPSA) is 105 Å². The number of methoxy groups -OCH3 is 1. The molecule has 0 bridgehead atoms. The van der Waals surface area contributed by atoms with Crippen molar-refractivity contribution in [3.8, 4) is 0 Å². The molecule has 0 aromatic heterocycles. The Morgan fingerprint density at radius 2 is 1.91 bits per heavy atom. The Hall–Kier alpha value is -2.12. The molecule has 1 fully saturated rings. The summed E-state index contributed by atoms with van der Waals surface area (Å²) < 4.78 is 4.56. The van der Waals surface area contributed by atoms with E-state index in [1.165, 1.54) is 18.9 Å². The first-order chi connectivity index (χ1) is 10.2. The van der Waals surface area contributed by atoms with E-state index in [1.54, 1.807) is 13.8 Å². The van der Waals surface area contributed by atoms with Gasteiger partial charge in [-0.05, 0) is 20.8 Å². The van der Waals surface area contributed by atoms with Crippen molar-refractivity contribution in [2.24, 2.45) is 0 Å². The van der Waals surface area contributed by atoms with Crippen LogP contribution in [-0.2, 0) is 23.9 Å². The van der Waals surface area contributed by atoms with E-state index in [-0.39, 0.29) is 24.4 Å². The third-order valence-electron chi connectivity index (χ3n) is 3.86. The van der Waals surface area contributed by atoms with Crippen LogP contribution in [0.15, 0.2) is 0 Å². The molecule has 8 heteroatoms. The number of esters is 1. The largest absolute Gasteiger partial charge is 0.469 e. The molecule has 1 heterocycles. The molecule has 0 aliphatic carbocycles. The number of hydrogen-bond donors (Lipinski definition) is 2. The lowest BCUT2D eigenvalue weighted by Gasteiger charge is -2.43. The highest BCUT2D eigenvalue weighted by atomic mass is 16.5. The summed E-state index contributed by atoms with van der Waals surface area (Å²) in [7, 11) is 1.21. The monoisotopic (exact) mass is 313 g/mol. The van der Waals surface area contributed by atoms with E-state index >= 15 is 0 Å². The Morgan fingerprint density at radius 1 is 1.32 bits per heavy atom. The smallest absolute Gasteiger partial charge is 0.308 e. The number of amides is 3. The Kier molecular flexibility index (Phi) is 5.90. The molecule has 0 aromatic carbocycles. The second-order valence-electron chi connectivity index (χ2n) is 5.49. The average Bonchev–Trinajstić information content (AvgIpc) is 2.43. The summed E-state index contributed by atoms with van der Waals surface area (Å²) in [5.41, 5.74) is 0. The van der Waals surface area contributed by atoms with Crippen LogP contribution in [0.3, 0.4) is 0 Å². The highest BCUT2D eigenvalue weighted by Gasteiger charge is 2.41. The van der Waals surface area contributed by atoms with Crippen molar-refractivity contribution >= 4 is 23.7 Å². The van der Waals surface area contributed by atoms with Crippen molar-refractivity contribution in [3.05, 3.63) is 0 Å². The van der Waals surface area contributed by atoms with Gasteiger partial charge < -0.3 is 20.3 Å². The van der Waals surface area contributed by atoms with Gasteiger partial charge in [0.15, 0.2) is 0 Å². The fourth-order valence-electron chi connectivity index (χ4n) is 2.45. The molecule has 1 rings (SSSR count). The van der Waals surface area contributed by atoms with Crippen LogP contribution in [0.2, 0.25) is 0 Å². The second kappa shape index (κ2) is 7.24. The molecule has 0 aromatic rings.